The summed E-state index contributed by atoms with van der Waals surface area (Å²) in [6.07, 6.45) is 6.98. The Morgan fingerprint density at radius 2 is 2.06 bits per heavy atom. The zero-order chi connectivity index (χ0) is 25.4. The fourth-order valence-corrected chi connectivity index (χ4v) is 4.10. The van der Waals surface area contributed by atoms with Crippen LogP contribution in [0.25, 0.3) is 22.5 Å². The predicted molar refractivity (Wildman–Crippen MR) is 135 cm³/mol. The van der Waals surface area contributed by atoms with Gasteiger partial charge in [0.1, 0.15) is 0 Å². The van der Waals surface area contributed by atoms with E-state index in [1.54, 1.807) is 33.9 Å². The van der Waals surface area contributed by atoms with Crippen LogP contribution in [0, 0.1) is 6.92 Å². The number of aromatic nitrogens is 6. The summed E-state index contributed by atoms with van der Waals surface area (Å²) in [5, 5.41) is 21.6. The predicted octanol–water partition coefficient (Wildman–Crippen LogP) is 1.79. The van der Waals surface area contributed by atoms with Crippen molar-refractivity contribution in [1.82, 2.24) is 34.4 Å². The Balaban J connectivity index is 1.42. The number of anilines is 2. The number of amides is 1. The first kappa shape index (κ1) is 23.4. The fourth-order valence-electron chi connectivity index (χ4n) is 4.10. The summed E-state index contributed by atoms with van der Waals surface area (Å²) in [4.78, 5) is 22.9. The number of carbonyl (C=O) groups is 1. The topological polar surface area (TPSA) is 140 Å². The number of benzene rings is 1. The molecule has 4 aromatic rings. The van der Waals surface area contributed by atoms with Crippen LogP contribution in [0.1, 0.15) is 16.8 Å². The van der Waals surface area contributed by atoms with Crippen molar-refractivity contribution in [2.75, 3.05) is 18.4 Å². The second kappa shape index (κ2) is 9.36. The molecule has 0 bridgehead atoms. The van der Waals surface area contributed by atoms with Crippen LogP contribution < -0.4 is 11.1 Å². The molecule has 1 saturated heterocycles. The summed E-state index contributed by atoms with van der Waals surface area (Å²) in [7, 11) is 1.84. The Labute approximate surface area is 207 Å². The number of nitrogens with two attached hydrogens (primary N) is 1. The lowest BCUT2D eigenvalue weighted by molar-refractivity contribution is -0.112. The molecule has 4 heterocycles. The van der Waals surface area contributed by atoms with E-state index in [2.05, 4.69) is 37.0 Å². The largest absolute Gasteiger partial charge is 0.390 e. The Morgan fingerprint density at radius 1 is 1.25 bits per heavy atom. The van der Waals surface area contributed by atoms with Crippen LogP contribution >= 0.6 is 0 Å². The molecule has 4 N–H and O–H groups in total. The Hall–Kier alpha value is -4.35. The van der Waals surface area contributed by atoms with Crippen molar-refractivity contribution in [1.29, 1.82) is 0 Å². The molecular weight excluding hydrogens is 458 g/mol. The van der Waals surface area contributed by atoms with Gasteiger partial charge < -0.3 is 16.2 Å². The number of primary amides is 1. The number of nitrogens with one attached hydrogen (secondary N) is 1. The monoisotopic (exact) mass is 485 g/mol. The van der Waals surface area contributed by atoms with Gasteiger partial charge in [-0.2, -0.15) is 15.2 Å². The molecule has 0 unspecified atom stereocenters. The highest BCUT2D eigenvalue weighted by atomic mass is 16.3. The molecule has 0 spiro atoms. The molecule has 0 aliphatic carbocycles. The van der Waals surface area contributed by atoms with E-state index in [1.165, 1.54) is 0 Å². The minimum Gasteiger partial charge on any atom is -0.390 e. The molecule has 36 heavy (non-hydrogen) atoms. The summed E-state index contributed by atoms with van der Waals surface area (Å²) in [5.41, 5.74) is 10.6. The van der Waals surface area contributed by atoms with Gasteiger partial charge >= 0.3 is 0 Å². The van der Waals surface area contributed by atoms with Gasteiger partial charge in [-0.25, -0.2) is 9.67 Å². The third kappa shape index (κ3) is 4.88. The third-order valence-electron chi connectivity index (χ3n) is 6.08. The van der Waals surface area contributed by atoms with E-state index in [0.29, 0.717) is 36.1 Å². The number of β-amino-alcohol motifs (C(OH)–C–C–N with tert-alkyl or cyclic N) is 1. The van der Waals surface area contributed by atoms with E-state index in [9.17, 15) is 9.90 Å². The maximum Gasteiger partial charge on any atom is 0.248 e. The summed E-state index contributed by atoms with van der Waals surface area (Å²) < 4.78 is 3.43. The van der Waals surface area contributed by atoms with Gasteiger partial charge in [0.2, 0.25) is 11.9 Å². The van der Waals surface area contributed by atoms with E-state index in [1.807, 2.05) is 38.5 Å². The standard InChI is InChI=1S/C25H27N9O2/c1-15(24(26)36)17-6-18(19-9-28-32(3)10-19)8-21(7-17)29-25-27-5-4-23(30-25)34-12-20(16(2)31-34)11-33-13-22(35)14-33/h4-10,12,22,35H,1,11,13-14H2,2-3H3,(H2,26,36)(H,27,29,30). The maximum absolute atomic E-state index is 11.8. The van der Waals surface area contributed by atoms with Crippen LogP contribution in [0.15, 0.2) is 55.6 Å². The molecule has 0 radical (unpaired) electrons. The molecular formula is C25H27N9O2. The molecule has 184 valence electrons. The highest BCUT2D eigenvalue weighted by molar-refractivity contribution is 6.18. The van der Waals surface area contributed by atoms with Crippen LogP contribution in [-0.4, -0.2) is 64.6 Å². The van der Waals surface area contributed by atoms with Gasteiger partial charge in [0, 0.05) is 73.7 Å². The first-order valence-electron chi connectivity index (χ1n) is 11.4. The molecule has 0 atom stereocenters. The number of likely N-dealkylation sites (tertiary alicyclic amines) is 1. The lowest BCUT2D eigenvalue weighted by atomic mass is 10.00. The smallest absolute Gasteiger partial charge is 0.248 e. The van der Waals surface area contributed by atoms with Crippen LogP contribution in [0.2, 0.25) is 0 Å². The van der Waals surface area contributed by atoms with Gasteiger partial charge in [-0.15, -0.1) is 0 Å². The van der Waals surface area contributed by atoms with Gasteiger partial charge in [0.25, 0.3) is 0 Å². The number of hydrogen-bond donors (Lipinski definition) is 3. The van der Waals surface area contributed by atoms with E-state index in [0.717, 1.165) is 28.9 Å². The SMILES string of the molecule is C=C(C(N)=O)c1cc(Nc2nccc(-n3cc(CN4CC(O)C4)c(C)n3)n2)cc(-c2cnn(C)c2)c1. The van der Waals surface area contributed by atoms with Gasteiger partial charge in [-0.05, 0) is 36.2 Å². The normalized spacial score (nSPS) is 14.0. The molecule has 3 aromatic heterocycles. The van der Waals surface area contributed by atoms with E-state index < -0.39 is 5.91 Å². The lowest BCUT2D eigenvalue weighted by Crippen LogP contribution is -2.49. The van der Waals surface area contributed by atoms with Crippen molar-refractivity contribution in [2.45, 2.75) is 19.6 Å². The minimum atomic E-state index is -0.597. The first-order chi connectivity index (χ1) is 17.2. The summed E-state index contributed by atoms with van der Waals surface area (Å²) in [5.74, 6) is 0.378. The number of hydrogen-bond acceptors (Lipinski definition) is 8. The fraction of sp³-hybridized carbons (Fsp3) is 0.240. The first-order valence-corrected chi connectivity index (χ1v) is 11.4. The van der Waals surface area contributed by atoms with E-state index in [-0.39, 0.29) is 11.7 Å². The minimum absolute atomic E-state index is 0.202. The molecule has 0 saturated carbocycles. The second-order valence-corrected chi connectivity index (χ2v) is 8.94. The number of aliphatic hydroxyl groups excluding tert-OH is 1. The number of rotatable bonds is 8. The van der Waals surface area contributed by atoms with Crippen LogP contribution in [0.3, 0.4) is 0 Å². The van der Waals surface area contributed by atoms with Crippen molar-refractivity contribution in [2.24, 2.45) is 12.8 Å². The average molecular weight is 486 g/mol. The van der Waals surface area contributed by atoms with E-state index >= 15 is 0 Å². The number of carbonyl (C=O) groups excluding carboxylic acids is 1. The van der Waals surface area contributed by atoms with Crippen molar-refractivity contribution in [3.8, 4) is 16.9 Å². The number of nitrogens with zero attached hydrogens (tertiary/aromatic N) is 7. The maximum atomic E-state index is 11.8. The molecule has 11 heteroatoms. The average Bonchev–Trinajstić information content (AvgIpc) is 3.43. The molecule has 1 aliphatic rings. The van der Waals surface area contributed by atoms with Crippen LogP contribution in [-0.2, 0) is 18.4 Å². The summed E-state index contributed by atoms with van der Waals surface area (Å²) in [6.45, 7) is 7.87. The molecule has 1 amide bonds. The highest BCUT2D eigenvalue weighted by Gasteiger charge is 2.25. The highest BCUT2D eigenvalue weighted by Crippen LogP contribution is 2.29. The summed E-state index contributed by atoms with van der Waals surface area (Å²) in [6, 6.07) is 7.32. The number of aryl methyl sites for hydroxylation is 2. The van der Waals surface area contributed by atoms with Crippen molar-refractivity contribution < 1.29 is 9.90 Å². The molecule has 1 aliphatic heterocycles. The van der Waals surface area contributed by atoms with Crippen LogP contribution in [0.5, 0.6) is 0 Å². The Kier molecular flexibility index (Phi) is 6.08. The molecule has 11 nitrogen and oxygen atoms in total. The van der Waals surface area contributed by atoms with Gasteiger partial charge in [-0.3, -0.25) is 14.4 Å². The Bertz CT molecular complexity index is 1450. The Morgan fingerprint density at radius 3 is 2.75 bits per heavy atom. The van der Waals surface area contributed by atoms with Crippen LogP contribution in [0.4, 0.5) is 11.6 Å². The number of aliphatic hydroxyl groups is 1. The van der Waals surface area contributed by atoms with Gasteiger partial charge in [0.15, 0.2) is 5.82 Å². The quantitative estimate of drug-likeness (QED) is 0.321. The van der Waals surface area contributed by atoms with E-state index in [4.69, 9.17) is 5.73 Å². The summed E-state index contributed by atoms with van der Waals surface area (Å²) >= 11 is 0. The zero-order valence-electron chi connectivity index (χ0n) is 20.1. The molecule has 5 rings (SSSR count). The van der Waals surface area contributed by atoms with Gasteiger partial charge in [0.05, 0.1) is 18.0 Å². The van der Waals surface area contributed by atoms with Crippen molar-refractivity contribution in [3.63, 3.8) is 0 Å². The zero-order valence-corrected chi connectivity index (χ0v) is 20.1. The van der Waals surface area contributed by atoms with Gasteiger partial charge in [-0.1, -0.05) is 6.58 Å². The van der Waals surface area contributed by atoms with Crippen molar-refractivity contribution in [3.05, 3.63) is 72.5 Å². The van der Waals surface area contributed by atoms with Crippen molar-refractivity contribution >= 4 is 23.1 Å². The molecule has 1 aromatic carbocycles. The molecule has 1 fully saturated rings. The lowest BCUT2D eigenvalue weighted by Gasteiger charge is -2.35. The second-order valence-electron chi connectivity index (χ2n) is 8.94. The third-order valence-corrected chi connectivity index (χ3v) is 6.08.